The summed E-state index contributed by atoms with van der Waals surface area (Å²) < 4.78 is 27.6. The first kappa shape index (κ1) is 17.8. The Morgan fingerprint density at radius 1 is 1.04 bits per heavy atom. The lowest BCUT2D eigenvalue weighted by Gasteiger charge is -2.08. The van der Waals surface area contributed by atoms with E-state index in [0.717, 1.165) is 6.26 Å². The quantitative estimate of drug-likeness (QED) is 0.746. The van der Waals surface area contributed by atoms with Gasteiger partial charge in [0.15, 0.2) is 9.84 Å². The summed E-state index contributed by atoms with van der Waals surface area (Å²) >= 11 is 12.0. The van der Waals surface area contributed by atoms with Gasteiger partial charge in [0.2, 0.25) is 0 Å². The smallest absolute Gasteiger partial charge is 0.338 e. The van der Waals surface area contributed by atoms with Crippen molar-refractivity contribution in [2.24, 2.45) is 0 Å². The van der Waals surface area contributed by atoms with Crippen LogP contribution in [0.15, 0.2) is 42.5 Å². The van der Waals surface area contributed by atoms with Crippen LogP contribution in [0.2, 0.25) is 10.0 Å². The molecule has 0 aromatic heterocycles. The van der Waals surface area contributed by atoms with E-state index < -0.39 is 15.8 Å². The molecule has 0 amide bonds. The molecule has 0 fully saturated rings. The van der Waals surface area contributed by atoms with Crippen LogP contribution in [-0.2, 0) is 26.9 Å². The number of sulfone groups is 1. The third-order valence-electron chi connectivity index (χ3n) is 3.03. The summed E-state index contributed by atoms with van der Waals surface area (Å²) in [5, 5.41) is 0.850. The first-order chi connectivity index (χ1) is 10.8. The van der Waals surface area contributed by atoms with Gasteiger partial charge in [-0.2, -0.15) is 0 Å². The second kappa shape index (κ2) is 7.34. The average molecular weight is 373 g/mol. The maximum atomic E-state index is 12.0. The van der Waals surface area contributed by atoms with Crippen LogP contribution >= 0.6 is 23.2 Å². The molecule has 4 nitrogen and oxygen atoms in total. The Labute approximate surface area is 144 Å². The van der Waals surface area contributed by atoms with Crippen molar-refractivity contribution >= 4 is 39.0 Å². The molecule has 0 spiro atoms. The van der Waals surface area contributed by atoms with Gasteiger partial charge in [0.05, 0.1) is 11.3 Å². The number of halogens is 2. The summed E-state index contributed by atoms with van der Waals surface area (Å²) in [7, 11) is -3.11. The molecule has 0 saturated heterocycles. The largest absolute Gasteiger partial charge is 0.457 e. The minimum absolute atomic E-state index is 0.0393. The second-order valence-electron chi connectivity index (χ2n) is 5.04. The summed E-state index contributed by atoms with van der Waals surface area (Å²) in [6, 6.07) is 11.2. The minimum atomic E-state index is -3.11. The van der Waals surface area contributed by atoms with Crippen LogP contribution in [0.1, 0.15) is 21.5 Å². The van der Waals surface area contributed by atoms with Crippen molar-refractivity contribution in [2.75, 3.05) is 6.26 Å². The highest BCUT2D eigenvalue weighted by molar-refractivity contribution is 7.89. The van der Waals surface area contributed by atoms with E-state index in [1.54, 1.807) is 30.3 Å². The summed E-state index contributed by atoms with van der Waals surface area (Å²) in [6.45, 7) is -0.0393. The van der Waals surface area contributed by atoms with Crippen molar-refractivity contribution < 1.29 is 17.9 Å². The van der Waals surface area contributed by atoms with Gasteiger partial charge in [-0.1, -0.05) is 41.4 Å². The van der Waals surface area contributed by atoms with E-state index in [1.165, 1.54) is 12.1 Å². The van der Waals surface area contributed by atoms with Gasteiger partial charge in [0.1, 0.15) is 6.61 Å². The van der Waals surface area contributed by atoms with Gasteiger partial charge in [-0.3, -0.25) is 0 Å². The van der Waals surface area contributed by atoms with E-state index in [9.17, 15) is 13.2 Å². The summed E-state index contributed by atoms with van der Waals surface area (Å²) in [6.07, 6.45) is 1.16. The van der Waals surface area contributed by atoms with E-state index >= 15 is 0 Å². The molecule has 2 rings (SSSR count). The van der Waals surface area contributed by atoms with E-state index in [1.807, 2.05) is 0 Å². The van der Waals surface area contributed by atoms with Gasteiger partial charge in [0.25, 0.3) is 0 Å². The molecule has 2 aromatic carbocycles. The molecule has 2 aromatic rings. The lowest BCUT2D eigenvalue weighted by Crippen LogP contribution is -2.06. The number of hydrogen-bond acceptors (Lipinski definition) is 4. The van der Waals surface area contributed by atoms with Gasteiger partial charge in [-0.05, 0) is 29.8 Å². The summed E-state index contributed by atoms with van der Waals surface area (Å²) in [5.41, 5.74) is 1.47. The summed E-state index contributed by atoms with van der Waals surface area (Å²) in [4.78, 5) is 12.0. The lowest BCUT2D eigenvalue weighted by molar-refractivity contribution is 0.0473. The highest BCUT2D eigenvalue weighted by Crippen LogP contribution is 2.25. The van der Waals surface area contributed by atoms with Crippen molar-refractivity contribution in [3.8, 4) is 0 Å². The molecule has 0 atom stereocenters. The molecular weight excluding hydrogens is 359 g/mol. The molecule has 122 valence electrons. The van der Waals surface area contributed by atoms with Crippen molar-refractivity contribution in [1.29, 1.82) is 0 Å². The Morgan fingerprint density at radius 3 is 2.13 bits per heavy atom. The minimum Gasteiger partial charge on any atom is -0.457 e. The molecule has 0 unspecified atom stereocenters. The third-order valence-corrected chi connectivity index (χ3v) is 4.59. The van der Waals surface area contributed by atoms with Crippen LogP contribution in [0.5, 0.6) is 0 Å². The molecule has 23 heavy (non-hydrogen) atoms. The molecule has 0 heterocycles. The van der Waals surface area contributed by atoms with Crippen LogP contribution in [0.3, 0.4) is 0 Å². The van der Waals surface area contributed by atoms with Crippen molar-refractivity contribution in [3.05, 3.63) is 69.2 Å². The van der Waals surface area contributed by atoms with Crippen LogP contribution in [0.4, 0.5) is 0 Å². The number of rotatable bonds is 5. The molecule has 0 N–H and O–H groups in total. The first-order valence-corrected chi connectivity index (χ1v) is 9.44. The number of ether oxygens (including phenoxy) is 1. The second-order valence-corrected chi connectivity index (χ2v) is 8.00. The Morgan fingerprint density at radius 2 is 1.61 bits per heavy atom. The number of esters is 1. The first-order valence-electron chi connectivity index (χ1n) is 6.63. The molecule has 0 saturated carbocycles. The Hall–Kier alpha value is -1.56. The average Bonchev–Trinajstić information content (AvgIpc) is 2.45. The number of benzene rings is 2. The number of hydrogen-bond donors (Lipinski definition) is 0. The molecule has 0 aliphatic carbocycles. The fraction of sp³-hybridized carbons (Fsp3) is 0.188. The Kier molecular flexibility index (Phi) is 5.68. The predicted octanol–water partition coefficient (Wildman–Crippen LogP) is 3.90. The Bertz CT molecular complexity index is 794. The molecular formula is C16H14Cl2O4S. The molecule has 0 radical (unpaired) electrons. The summed E-state index contributed by atoms with van der Waals surface area (Å²) in [5.74, 6) is -0.607. The topological polar surface area (TPSA) is 60.4 Å². The van der Waals surface area contributed by atoms with Gasteiger partial charge in [0, 0.05) is 21.9 Å². The van der Waals surface area contributed by atoms with Crippen molar-refractivity contribution in [3.63, 3.8) is 0 Å². The SMILES string of the molecule is CS(=O)(=O)Cc1ccc(C(=O)OCc2c(Cl)cccc2Cl)cc1. The van der Waals surface area contributed by atoms with E-state index in [-0.39, 0.29) is 12.4 Å². The van der Waals surface area contributed by atoms with Gasteiger partial charge >= 0.3 is 5.97 Å². The lowest BCUT2D eigenvalue weighted by atomic mass is 10.1. The Balaban J connectivity index is 2.04. The molecule has 0 aliphatic rings. The fourth-order valence-electron chi connectivity index (χ4n) is 1.93. The van der Waals surface area contributed by atoms with Crippen LogP contribution < -0.4 is 0 Å². The van der Waals surface area contributed by atoms with Crippen molar-refractivity contribution in [2.45, 2.75) is 12.4 Å². The monoisotopic (exact) mass is 372 g/mol. The van der Waals surface area contributed by atoms with Gasteiger partial charge in [-0.15, -0.1) is 0 Å². The highest BCUT2D eigenvalue weighted by atomic mass is 35.5. The zero-order chi connectivity index (χ0) is 17.0. The number of carbonyl (C=O) groups is 1. The molecule has 7 heteroatoms. The maximum Gasteiger partial charge on any atom is 0.338 e. The maximum absolute atomic E-state index is 12.0. The molecule has 0 aliphatic heterocycles. The van der Waals surface area contributed by atoms with E-state index in [2.05, 4.69) is 0 Å². The highest BCUT2D eigenvalue weighted by Gasteiger charge is 2.12. The van der Waals surface area contributed by atoms with E-state index in [4.69, 9.17) is 27.9 Å². The van der Waals surface area contributed by atoms with Crippen LogP contribution in [-0.4, -0.2) is 20.6 Å². The predicted molar refractivity (Wildman–Crippen MR) is 90.6 cm³/mol. The van der Waals surface area contributed by atoms with Gasteiger partial charge < -0.3 is 4.74 Å². The van der Waals surface area contributed by atoms with Crippen molar-refractivity contribution in [1.82, 2.24) is 0 Å². The zero-order valence-electron chi connectivity index (χ0n) is 12.3. The standard InChI is InChI=1S/C16H14Cl2O4S/c1-23(20,21)10-11-5-7-12(8-6-11)16(19)22-9-13-14(17)3-2-4-15(13)18/h2-8H,9-10H2,1H3. The third kappa shape index (κ3) is 5.23. The fourth-order valence-corrected chi connectivity index (χ4v) is 3.24. The van der Waals surface area contributed by atoms with Crippen LogP contribution in [0, 0.1) is 0 Å². The molecule has 0 bridgehead atoms. The van der Waals surface area contributed by atoms with Gasteiger partial charge in [-0.25, -0.2) is 13.2 Å². The number of carbonyl (C=O) groups excluding carboxylic acids is 1. The normalized spacial score (nSPS) is 11.3. The zero-order valence-corrected chi connectivity index (χ0v) is 14.6. The van der Waals surface area contributed by atoms with E-state index in [0.29, 0.717) is 26.7 Å². The van der Waals surface area contributed by atoms with Crippen LogP contribution in [0.25, 0.3) is 0 Å².